The maximum Gasteiger partial charge on any atom is 0.192 e. The molecule has 1 aromatic rings. The second-order valence-electron chi connectivity index (χ2n) is 12.0. The molecule has 7 nitrogen and oxygen atoms in total. The lowest BCUT2D eigenvalue weighted by atomic mass is 9.88. The molecule has 0 unspecified atom stereocenters. The minimum Gasteiger partial charge on any atom is -0.513 e. The summed E-state index contributed by atoms with van der Waals surface area (Å²) in [6.07, 6.45) is 4.50. The molecule has 1 N–H and O–H groups in total. The van der Waals surface area contributed by atoms with Crippen LogP contribution >= 0.6 is 0 Å². The lowest BCUT2D eigenvalue weighted by molar-refractivity contribution is -0.342. The first-order valence-corrected chi connectivity index (χ1v) is 16.4. The predicted molar refractivity (Wildman–Crippen MR) is 147 cm³/mol. The smallest absolute Gasteiger partial charge is 0.192 e. The zero-order valence-electron chi connectivity index (χ0n) is 24.0. The number of ether oxygens (including phenoxy) is 5. The van der Waals surface area contributed by atoms with Crippen molar-refractivity contribution in [3.05, 3.63) is 41.7 Å². The molecule has 8 heteroatoms. The number of aliphatic hydroxyl groups excluding tert-OH is 1. The third-order valence-electron chi connectivity index (χ3n) is 7.99. The van der Waals surface area contributed by atoms with Gasteiger partial charge in [0.25, 0.3) is 0 Å². The van der Waals surface area contributed by atoms with Crippen LogP contribution in [0.3, 0.4) is 0 Å². The van der Waals surface area contributed by atoms with E-state index in [1.165, 1.54) is 0 Å². The maximum atomic E-state index is 10.2. The van der Waals surface area contributed by atoms with Gasteiger partial charge in [0.05, 0.1) is 50.5 Å². The number of hydrogen-bond donors (Lipinski definition) is 1. The van der Waals surface area contributed by atoms with Crippen LogP contribution in [-0.4, -0.2) is 64.5 Å². The fourth-order valence-corrected chi connectivity index (χ4v) is 6.29. The summed E-state index contributed by atoms with van der Waals surface area (Å²) in [5.74, 6) is 0.311. The SMILES string of the molecule is C/C=C(/O)C[C@@H]1C[C@H](OC)C[C@@]2(C[C@@H](O[Si](C)(C)C(C)(C)C)C[C@H](COCc3ccc(OC)cc3)O2)O1. The van der Waals surface area contributed by atoms with Crippen molar-refractivity contribution in [3.8, 4) is 5.75 Å². The van der Waals surface area contributed by atoms with Gasteiger partial charge in [0, 0.05) is 39.2 Å². The normalized spacial score (nSPS) is 29.5. The standard InChI is InChI=1S/C29H48O7Si/c1-9-22(30)14-24-15-25(32-6)17-29(34-24)18-26(36-37(7,8)28(2,3)4)16-27(35-29)20-33-19-21-10-12-23(31-5)13-11-21/h9-13,24-27,30H,14-20H2,1-8H3/b22-9+/t24-,25+,26+,27-,29-/m1/s1. The highest BCUT2D eigenvalue weighted by atomic mass is 28.4. The van der Waals surface area contributed by atoms with Crippen LogP contribution in [0.2, 0.25) is 18.1 Å². The predicted octanol–water partition coefficient (Wildman–Crippen LogP) is 6.52. The Morgan fingerprint density at radius 2 is 1.68 bits per heavy atom. The Hall–Kier alpha value is -1.42. The fraction of sp³-hybridized carbons (Fsp3) is 0.724. The molecule has 1 aromatic carbocycles. The third-order valence-corrected chi connectivity index (χ3v) is 12.5. The Kier molecular flexibility index (Phi) is 10.3. The van der Waals surface area contributed by atoms with Crippen molar-refractivity contribution >= 4 is 8.32 Å². The molecule has 2 fully saturated rings. The first kappa shape index (κ1) is 30.1. The highest BCUT2D eigenvalue weighted by Crippen LogP contribution is 2.45. The molecule has 0 amide bonds. The molecule has 210 valence electrons. The van der Waals surface area contributed by atoms with Crippen LogP contribution in [0.5, 0.6) is 5.75 Å². The molecule has 0 saturated carbocycles. The van der Waals surface area contributed by atoms with Gasteiger partial charge >= 0.3 is 0 Å². The molecule has 2 aliphatic heterocycles. The summed E-state index contributed by atoms with van der Waals surface area (Å²) < 4.78 is 37.4. The van der Waals surface area contributed by atoms with E-state index >= 15 is 0 Å². The molecule has 2 aliphatic rings. The second kappa shape index (κ2) is 12.6. The highest BCUT2D eigenvalue weighted by Gasteiger charge is 2.51. The van der Waals surface area contributed by atoms with E-state index in [1.807, 2.05) is 31.2 Å². The molecule has 5 atom stereocenters. The molecule has 37 heavy (non-hydrogen) atoms. The molecule has 0 bridgehead atoms. The van der Waals surface area contributed by atoms with Gasteiger partial charge in [-0.05, 0) is 48.8 Å². The Labute approximate surface area is 224 Å². The lowest BCUT2D eigenvalue weighted by Crippen LogP contribution is -2.58. The van der Waals surface area contributed by atoms with Crippen LogP contribution in [0.1, 0.15) is 65.4 Å². The summed E-state index contributed by atoms with van der Waals surface area (Å²) in [5, 5.41) is 10.3. The summed E-state index contributed by atoms with van der Waals surface area (Å²) in [5.41, 5.74) is 1.08. The van der Waals surface area contributed by atoms with Gasteiger partial charge < -0.3 is 33.2 Å². The summed E-state index contributed by atoms with van der Waals surface area (Å²) in [6.45, 7) is 14.1. The summed E-state index contributed by atoms with van der Waals surface area (Å²) in [4.78, 5) is 0. The maximum absolute atomic E-state index is 10.2. The number of aliphatic hydroxyl groups is 1. The van der Waals surface area contributed by atoms with E-state index in [9.17, 15) is 5.11 Å². The van der Waals surface area contributed by atoms with Gasteiger partial charge in [-0.1, -0.05) is 32.9 Å². The van der Waals surface area contributed by atoms with Crippen molar-refractivity contribution in [2.45, 2.75) is 115 Å². The summed E-state index contributed by atoms with van der Waals surface area (Å²) in [6, 6.07) is 7.90. The van der Waals surface area contributed by atoms with Crippen molar-refractivity contribution in [2.24, 2.45) is 0 Å². The average Bonchev–Trinajstić information content (AvgIpc) is 2.82. The van der Waals surface area contributed by atoms with E-state index in [0.29, 0.717) is 44.7 Å². The van der Waals surface area contributed by atoms with Crippen LogP contribution in [0.25, 0.3) is 0 Å². The second-order valence-corrected chi connectivity index (χ2v) is 16.7. The van der Waals surface area contributed by atoms with E-state index in [-0.39, 0.29) is 29.5 Å². The van der Waals surface area contributed by atoms with Crippen LogP contribution < -0.4 is 4.74 Å². The number of methoxy groups -OCH3 is 2. The zero-order valence-corrected chi connectivity index (χ0v) is 25.0. The number of allylic oxidation sites excluding steroid dienone is 1. The van der Waals surface area contributed by atoms with Gasteiger partial charge in [0.15, 0.2) is 14.1 Å². The number of rotatable bonds is 10. The van der Waals surface area contributed by atoms with Gasteiger partial charge in [-0.2, -0.15) is 0 Å². The Morgan fingerprint density at radius 1 is 1.05 bits per heavy atom. The average molecular weight is 537 g/mol. The Morgan fingerprint density at radius 3 is 2.27 bits per heavy atom. The molecule has 3 rings (SSSR count). The van der Waals surface area contributed by atoms with Crippen molar-refractivity contribution in [2.75, 3.05) is 20.8 Å². The molecule has 0 radical (unpaired) electrons. The van der Waals surface area contributed by atoms with Crippen LogP contribution in [-0.2, 0) is 30.0 Å². The zero-order chi connectivity index (χ0) is 27.3. The minimum atomic E-state index is -2.01. The first-order chi connectivity index (χ1) is 17.4. The summed E-state index contributed by atoms with van der Waals surface area (Å²) >= 11 is 0. The van der Waals surface area contributed by atoms with E-state index in [0.717, 1.165) is 17.7 Å². The van der Waals surface area contributed by atoms with Gasteiger partial charge in [-0.25, -0.2) is 0 Å². The Balaban J connectivity index is 1.76. The molecular formula is C29H48O7Si. The van der Waals surface area contributed by atoms with E-state index < -0.39 is 14.1 Å². The van der Waals surface area contributed by atoms with Crippen LogP contribution in [0, 0.1) is 0 Å². The molecule has 0 aromatic heterocycles. The van der Waals surface area contributed by atoms with E-state index in [4.69, 9.17) is 28.1 Å². The van der Waals surface area contributed by atoms with Crippen LogP contribution in [0.4, 0.5) is 0 Å². The molecule has 2 saturated heterocycles. The van der Waals surface area contributed by atoms with Gasteiger partial charge in [0.1, 0.15) is 5.75 Å². The first-order valence-electron chi connectivity index (χ1n) is 13.5. The van der Waals surface area contributed by atoms with Crippen molar-refractivity contribution < 1.29 is 33.2 Å². The van der Waals surface area contributed by atoms with Crippen LogP contribution in [0.15, 0.2) is 36.1 Å². The molecule has 0 aliphatic carbocycles. The quantitative estimate of drug-likeness (QED) is 0.269. The Bertz CT molecular complexity index is 879. The van der Waals surface area contributed by atoms with Crippen molar-refractivity contribution in [3.63, 3.8) is 0 Å². The molecular weight excluding hydrogens is 488 g/mol. The largest absolute Gasteiger partial charge is 0.513 e. The van der Waals surface area contributed by atoms with Gasteiger partial charge in [-0.15, -0.1) is 0 Å². The van der Waals surface area contributed by atoms with Crippen molar-refractivity contribution in [1.82, 2.24) is 0 Å². The molecule has 2 heterocycles. The lowest BCUT2D eigenvalue weighted by Gasteiger charge is -2.51. The van der Waals surface area contributed by atoms with E-state index in [1.54, 1.807) is 20.3 Å². The number of benzene rings is 1. The fourth-order valence-electron chi connectivity index (χ4n) is 4.93. The van der Waals surface area contributed by atoms with Gasteiger partial charge in [-0.3, -0.25) is 0 Å². The third kappa shape index (κ3) is 8.28. The summed E-state index contributed by atoms with van der Waals surface area (Å²) in [7, 11) is 1.38. The van der Waals surface area contributed by atoms with Gasteiger partial charge in [0.2, 0.25) is 0 Å². The monoisotopic (exact) mass is 536 g/mol. The van der Waals surface area contributed by atoms with Crippen molar-refractivity contribution in [1.29, 1.82) is 0 Å². The topological polar surface area (TPSA) is 75.6 Å². The molecule has 1 spiro atoms. The minimum absolute atomic E-state index is 0.00389. The van der Waals surface area contributed by atoms with E-state index in [2.05, 4.69) is 33.9 Å². The highest BCUT2D eigenvalue weighted by molar-refractivity contribution is 6.74. The number of hydrogen-bond acceptors (Lipinski definition) is 7.